The Kier molecular flexibility index (Phi) is 11.5. The van der Waals surface area contributed by atoms with Crippen LogP contribution in [0.3, 0.4) is 0 Å². The van der Waals surface area contributed by atoms with E-state index in [9.17, 15) is 32.3 Å². The van der Waals surface area contributed by atoms with Gasteiger partial charge in [0.1, 0.15) is 6.04 Å². The number of anilines is 1. The van der Waals surface area contributed by atoms with Crippen LogP contribution in [0.2, 0.25) is 10.0 Å². The van der Waals surface area contributed by atoms with Gasteiger partial charge in [-0.1, -0.05) is 41.4 Å². The minimum atomic E-state index is -4.90. The summed E-state index contributed by atoms with van der Waals surface area (Å²) in [5.74, 6) is -4.18. The Morgan fingerprint density at radius 1 is 0.972 bits per heavy atom. The molecule has 2 aromatic carbocycles. The number of hydrogen-bond acceptors (Lipinski definition) is 5. The van der Waals surface area contributed by atoms with Crippen molar-refractivity contribution in [2.75, 3.05) is 23.4 Å². The number of halogens is 5. The van der Waals surface area contributed by atoms with Crippen LogP contribution >= 0.6 is 35.0 Å². The van der Waals surface area contributed by atoms with Crippen molar-refractivity contribution in [1.82, 2.24) is 10.6 Å². The number of hydrogen-bond donors (Lipinski definition) is 3. The average molecular weight is 564 g/mol. The molecule has 0 spiro atoms. The summed E-state index contributed by atoms with van der Waals surface area (Å²) in [5, 5.41) is 8.08. The van der Waals surface area contributed by atoms with Crippen molar-refractivity contribution in [3.05, 3.63) is 64.1 Å². The minimum absolute atomic E-state index is 0.0612. The van der Waals surface area contributed by atoms with E-state index in [-0.39, 0.29) is 34.3 Å². The van der Waals surface area contributed by atoms with Gasteiger partial charge in [-0.15, -0.1) is 0 Å². The zero-order valence-corrected chi connectivity index (χ0v) is 21.0. The lowest BCUT2D eigenvalue weighted by Crippen LogP contribution is -2.47. The molecule has 0 bridgehead atoms. The summed E-state index contributed by atoms with van der Waals surface area (Å²) in [6.07, 6.45) is -4.61. The van der Waals surface area contributed by atoms with Gasteiger partial charge in [0.15, 0.2) is 0 Å². The highest BCUT2D eigenvalue weighted by atomic mass is 35.5. The molecule has 3 N–H and O–H groups in total. The summed E-state index contributed by atoms with van der Waals surface area (Å²) in [6, 6.07) is 11.5. The Morgan fingerprint density at radius 2 is 1.61 bits per heavy atom. The Balaban J connectivity index is 1.96. The van der Waals surface area contributed by atoms with Crippen LogP contribution in [0.15, 0.2) is 48.5 Å². The van der Waals surface area contributed by atoms with Gasteiger partial charge >= 0.3 is 6.18 Å². The van der Waals surface area contributed by atoms with Gasteiger partial charge in [0.25, 0.3) is 5.91 Å². The van der Waals surface area contributed by atoms with Crippen molar-refractivity contribution in [2.24, 2.45) is 0 Å². The van der Waals surface area contributed by atoms with Crippen LogP contribution in [-0.2, 0) is 14.4 Å². The molecule has 0 unspecified atom stereocenters. The molecule has 0 aliphatic heterocycles. The number of Topliss-reactive ketones (excluding diaryl/α,β-unsaturated/α-hetero) is 1. The molecule has 0 fully saturated rings. The SMILES string of the molecule is O=C(CNC(=O)c1ccccc1)N[C@@H](CCCSCC(=O)C(F)(F)F)C(=O)Nc1cc(Cl)cc(Cl)c1. The lowest BCUT2D eigenvalue weighted by Gasteiger charge is -2.19. The summed E-state index contributed by atoms with van der Waals surface area (Å²) < 4.78 is 37.0. The van der Waals surface area contributed by atoms with E-state index in [4.69, 9.17) is 23.2 Å². The Bertz CT molecular complexity index is 1070. The second kappa shape index (κ2) is 14.1. The third-order valence-electron chi connectivity index (χ3n) is 4.56. The highest BCUT2D eigenvalue weighted by molar-refractivity contribution is 7.99. The predicted molar refractivity (Wildman–Crippen MR) is 133 cm³/mol. The molecule has 2 aromatic rings. The Labute approximate surface area is 219 Å². The largest absolute Gasteiger partial charge is 0.450 e. The number of alkyl halides is 3. The number of thioether (sulfide) groups is 1. The van der Waals surface area contributed by atoms with Gasteiger partial charge in [-0.05, 0) is 48.9 Å². The van der Waals surface area contributed by atoms with Crippen molar-refractivity contribution in [3.63, 3.8) is 0 Å². The second-order valence-electron chi connectivity index (χ2n) is 7.43. The first-order valence-electron chi connectivity index (χ1n) is 10.5. The molecule has 7 nitrogen and oxygen atoms in total. The van der Waals surface area contributed by atoms with Crippen molar-refractivity contribution in [1.29, 1.82) is 0 Å². The summed E-state index contributed by atoms with van der Waals surface area (Å²) in [4.78, 5) is 48.4. The standard InChI is InChI=1S/C23H22Cl2F3N3O4S/c24-15-9-16(25)11-17(10-15)30-22(35)18(7-4-8-36-13-19(32)23(26,27)28)31-20(33)12-29-21(34)14-5-2-1-3-6-14/h1-3,5-6,9-11,18H,4,7-8,12-13H2,(H,29,34)(H,30,35)(H,31,33)/t18-/m0/s1. The molecule has 0 saturated carbocycles. The quantitative estimate of drug-likeness (QED) is 0.330. The van der Waals surface area contributed by atoms with Gasteiger partial charge in [0, 0.05) is 21.3 Å². The fraction of sp³-hybridized carbons (Fsp3) is 0.304. The van der Waals surface area contributed by atoms with Crippen LogP contribution in [0, 0.1) is 0 Å². The van der Waals surface area contributed by atoms with Crippen LogP contribution in [0.5, 0.6) is 0 Å². The third kappa shape index (κ3) is 10.5. The third-order valence-corrected chi connectivity index (χ3v) is 6.04. The molecule has 0 aliphatic carbocycles. The number of carbonyl (C=O) groups excluding carboxylic acids is 4. The molecule has 0 heterocycles. The smallest absolute Gasteiger partial charge is 0.343 e. The Hall–Kier alpha value is -2.76. The highest BCUT2D eigenvalue weighted by Crippen LogP contribution is 2.23. The monoisotopic (exact) mass is 563 g/mol. The van der Waals surface area contributed by atoms with Gasteiger partial charge in [-0.2, -0.15) is 24.9 Å². The molecule has 0 radical (unpaired) electrons. The molecule has 194 valence electrons. The van der Waals surface area contributed by atoms with E-state index in [0.717, 1.165) is 11.8 Å². The second-order valence-corrected chi connectivity index (χ2v) is 9.41. The van der Waals surface area contributed by atoms with Gasteiger partial charge in [-0.25, -0.2) is 0 Å². The van der Waals surface area contributed by atoms with Gasteiger partial charge in [0.05, 0.1) is 12.3 Å². The highest BCUT2D eigenvalue weighted by Gasteiger charge is 2.37. The van der Waals surface area contributed by atoms with Gasteiger partial charge < -0.3 is 16.0 Å². The number of nitrogens with one attached hydrogen (secondary N) is 3. The normalized spacial score (nSPS) is 11.9. The van der Waals surface area contributed by atoms with Crippen LogP contribution in [0.4, 0.5) is 18.9 Å². The molecule has 0 saturated heterocycles. The fourth-order valence-corrected chi connectivity index (χ4v) is 4.25. The number of rotatable bonds is 12. The van der Waals surface area contributed by atoms with Crippen LogP contribution < -0.4 is 16.0 Å². The van der Waals surface area contributed by atoms with Crippen molar-refractivity contribution < 1.29 is 32.3 Å². The number of amides is 3. The summed E-state index contributed by atoms with van der Waals surface area (Å²) in [5.41, 5.74) is 0.627. The van der Waals surface area contributed by atoms with Crippen LogP contribution in [0.1, 0.15) is 23.2 Å². The first kappa shape index (κ1) is 29.5. The molecule has 2 rings (SSSR count). The molecular formula is C23H22Cl2F3N3O4S. The lowest BCUT2D eigenvalue weighted by molar-refractivity contribution is -0.167. The zero-order chi connectivity index (χ0) is 26.7. The molecular weight excluding hydrogens is 542 g/mol. The molecule has 0 aliphatic rings. The molecule has 36 heavy (non-hydrogen) atoms. The van der Waals surface area contributed by atoms with Crippen molar-refractivity contribution in [3.8, 4) is 0 Å². The first-order valence-corrected chi connectivity index (χ1v) is 12.4. The van der Waals surface area contributed by atoms with Crippen LogP contribution in [0.25, 0.3) is 0 Å². The number of benzene rings is 2. The number of ketones is 1. The maximum Gasteiger partial charge on any atom is 0.450 e. The van der Waals surface area contributed by atoms with E-state index in [2.05, 4.69) is 16.0 Å². The van der Waals surface area contributed by atoms with E-state index in [1.807, 2.05) is 0 Å². The average Bonchev–Trinajstić information content (AvgIpc) is 2.80. The van der Waals surface area contributed by atoms with E-state index in [1.54, 1.807) is 30.3 Å². The van der Waals surface area contributed by atoms with Crippen molar-refractivity contribution in [2.45, 2.75) is 25.1 Å². The molecule has 1 atom stereocenters. The van der Waals surface area contributed by atoms with Crippen molar-refractivity contribution >= 4 is 64.2 Å². The molecule has 13 heteroatoms. The summed E-state index contributed by atoms with van der Waals surface area (Å²) in [7, 11) is 0. The fourth-order valence-electron chi connectivity index (χ4n) is 2.86. The molecule has 0 aromatic heterocycles. The summed E-state index contributed by atoms with van der Waals surface area (Å²) in [6.45, 7) is -0.407. The Morgan fingerprint density at radius 3 is 2.22 bits per heavy atom. The lowest BCUT2D eigenvalue weighted by atomic mass is 10.1. The zero-order valence-electron chi connectivity index (χ0n) is 18.7. The maximum atomic E-state index is 12.8. The van der Waals surface area contributed by atoms with Crippen LogP contribution in [-0.4, -0.2) is 53.8 Å². The topological polar surface area (TPSA) is 104 Å². The summed E-state index contributed by atoms with van der Waals surface area (Å²) >= 11 is 12.7. The maximum absolute atomic E-state index is 12.8. The molecule has 3 amide bonds. The van der Waals surface area contributed by atoms with E-state index in [0.29, 0.717) is 5.56 Å². The minimum Gasteiger partial charge on any atom is -0.343 e. The van der Waals surface area contributed by atoms with E-state index >= 15 is 0 Å². The van der Waals surface area contributed by atoms with Gasteiger partial charge in [-0.3, -0.25) is 19.2 Å². The van der Waals surface area contributed by atoms with E-state index < -0.39 is 48.0 Å². The first-order chi connectivity index (χ1) is 17.0. The predicted octanol–water partition coefficient (Wildman–Crippen LogP) is 4.49. The number of carbonyl (C=O) groups is 4. The van der Waals surface area contributed by atoms with E-state index in [1.165, 1.54) is 18.2 Å². The van der Waals surface area contributed by atoms with Gasteiger partial charge in [0.2, 0.25) is 17.6 Å².